The van der Waals surface area contributed by atoms with Crippen molar-refractivity contribution < 1.29 is 5.21 Å². The predicted molar refractivity (Wildman–Crippen MR) is 102 cm³/mol. The average Bonchev–Trinajstić information content (AvgIpc) is 2.96. The van der Waals surface area contributed by atoms with Gasteiger partial charge in [-0.05, 0) is 75.9 Å². The first kappa shape index (κ1) is 18.5. The second-order valence-electron chi connectivity index (χ2n) is 4.12. The zero-order valence-electron chi connectivity index (χ0n) is 11.4. The van der Waals surface area contributed by atoms with Crippen LogP contribution < -0.4 is 0 Å². The minimum absolute atomic E-state index is 0.518. The topological polar surface area (TPSA) is 75.7 Å². The van der Waals surface area contributed by atoms with Crippen LogP contribution in [-0.4, -0.2) is 31.0 Å². The Morgan fingerprint density at radius 2 is 1.83 bits per heavy atom. The second kappa shape index (κ2) is 8.86. The van der Waals surface area contributed by atoms with Crippen LogP contribution in [-0.2, 0) is 6.42 Å². The van der Waals surface area contributed by atoms with Crippen LogP contribution in [0.4, 0.5) is 0 Å². The van der Waals surface area contributed by atoms with E-state index in [9.17, 15) is 0 Å². The van der Waals surface area contributed by atoms with Gasteiger partial charge in [-0.25, -0.2) is 9.50 Å². The molecule has 10 heteroatoms. The highest BCUT2D eigenvalue weighted by Crippen LogP contribution is 2.20. The molecule has 23 heavy (non-hydrogen) atoms. The number of oxime groups is 1. The Morgan fingerprint density at radius 1 is 1.09 bits per heavy atom. The summed E-state index contributed by atoms with van der Waals surface area (Å²) in [5.41, 5.74) is 1.67. The van der Waals surface area contributed by atoms with Crippen molar-refractivity contribution in [1.82, 2.24) is 19.6 Å². The van der Waals surface area contributed by atoms with E-state index in [2.05, 4.69) is 83.9 Å². The fraction of sp³-hybridized carbons (Fsp3) is 0.0769. The van der Waals surface area contributed by atoms with Gasteiger partial charge in [0.25, 0.3) is 0 Å². The van der Waals surface area contributed by atoms with Crippen molar-refractivity contribution in [3.63, 3.8) is 0 Å². The first-order valence-electron chi connectivity index (χ1n) is 6.11. The van der Waals surface area contributed by atoms with Gasteiger partial charge < -0.3 is 5.21 Å². The average molecular weight is 571 g/mol. The Balaban J connectivity index is 0.000000167. The van der Waals surface area contributed by atoms with Gasteiger partial charge in [0.2, 0.25) is 0 Å². The van der Waals surface area contributed by atoms with E-state index in [1.807, 2.05) is 18.3 Å². The number of hydrogen-bond acceptors (Lipinski definition) is 5. The minimum Gasteiger partial charge on any atom is -0.411 e. The molecule has 0 spiro atoms. The lowest BCUT2D eigenvalue weighted by molar-refractivity contribution is 0.320. The van der Waals surface area contributed by atoms with Crippen molar-refractivity contribution >= 4 is 75.6 Å². The van der Waals surface area contributed by atoms with Gasteiger partial charge in [-0.3, -0.25) is 4.98 Å². The Labute approximate surface area is 165 Å². The Hall–Kier alpha value is -0.840. The number of nitrogens with zero attached hydrogens (tertiary/aromatic N) is 5. The molecule has 3 aromatic heterocycles. The van der Waals surface area contributed by atoms with E-state index in [4.69, 9.17) is 5.21 Å². The monoisotopic (exact) mass is 567 g/mol. The third-order valence-electron chi connectivity index (χ3n) is 2.55. The van der Waals surface area contributed by atoms with Crippen LogP contribution in [0.25, 0.3) is 5.65 Å². The molecule has 0 aliphatic carbocycles. The van der Waals surface area contributed by atoms with Crippen molar-refractivity contribution in [2.75, 3.05) is 0 Å². The smallest absolute Gasteiger partial charge is 0.169 e. The third kappa shape index (κ3) is 5.33. The van der Waals surface area contributed by atoms with Gasteiger partial charge in [0, 0.05) is 38.4 Å². The first-order chi connectivity index (χ1) is 11.0. The summed E-state index contributed by atoms with van der Waals surface area (Å²) in [5.74, 6) is 0. The number of pyridine rings is 2. The summed E-state index contributed by atoms with van der Waals surface area (Å²) in [6, 6.07) is 3.83. The Bertz CT molecular complexity index is 836. The quantitative estimate of drug-likeness (QED) is 0.271. The van der Waals surface area contributed by atoms with Crippen LogP contribution in [0, 0.1) is 0 Å². The number of halogens is 4. The molecule has 0 fully saturated rings. The molecule has 0 unspecified atom stereocenters. The molecule has 0 amide bonds. The normalized spacial score (nSPS) is 10.8. The van der Waals surface area contributed by atoms with E-state index in [-0.39, 0.29) is 0 Å². The van der Waals surface area contributed by atoms with E-state index in [1.54, 1.807) is 10.7 Å². The summed E-state index contributed by atoms with van der Waals surface area (Å²) in [4.78, 5) is 8.16. The lowest BCUT2D eigenvalue weighted by atomic mass is 10.3. The molecule has 120 valence electrons. The zero-order valence-corrected chi connectivity index (χ0v) is 17.7. The summed E-state index contributed by atoms with van der Waals surface area (Å²) in [5, 5.41) is 15.1. The molecule has 0 aliphatic heterocycles. The third-order valence-corrected chi connectivity index (χ3v) is 4.68. The van der Waals surface area contributed by atoms with Crippen molar-refractivity contribution in [1.29, 1.82) is 0 Å². The largest absolute Gasteiger partial charge is 0.411 e. The molecule has 0 radical (unpaired) electrons. The molecule has 0 saturated heterocycles. The molecule has 3 aromatic rings. The van der Waals surface area contributed by atoms with Gasteiger partial charge in [-0.15, -0.1) is 5.16 Å². The SMILES string of the molecule is Brc1cc(Br)c2ncnn2c1.O/N=C\Cc1ncc(Br)cc1Br. The van der Waals surface area contributed by atoms with Crippen LogP contribution in [0.15, 0.2) is 53.9 Å². The highest BCUT2D eigenvalue weighted by atomic mass is 79.9. The standard InChI is InChI=1S/C7H6Br2N2O.C6H3Br2N3/c8-5-3-6(9)7(10-4-5)1-2-11-12;7-4-1-5(8)6-9-3-10-11(6)2-4/h2-4,12H,1H2;1-3H/b11-2-;. The van der Waals surface area contributed by atoms with Gasteiger partial charge in [0.05, 0.1) is 10.2 Å². The van der Waals surface area contributed by atoms with E-state index >= 15 is 0 Å². The van der Waals surface area contributed by atoms with Crippen LogP contribution in [0.1, 0.15) is 5.69 Å². The van der Waals surface area contributed by atoms with Gasteiger partial charge in [0.1, 0.15) is 6.33 Å². The molecular weight excluding hydrogens is 562 g/mol. The molecular formula is C13H9Br4N5O. The van der Waals surface area contributed by atoms with Crippen LogP contribution in [0.3, 0.4) is 0 Å². The summed E-state index contributed by atoms with van der Waals surface area (Å²) >= 11 is 13.4. The lowest BCUT2D eigenvalue weighted by Gasteiger charge is -1.98. The molecule has 0 aliphatic rings. The minimum atomic E-state index is 0.518. The zero-order chi connectivity index (χ0) is 16.8. The van der Waals surface area contributed by atoms with E-state index in [0.29, 0.717) is 6.42 Å². The van der Waals surface area contributed by atoms with Gasteiger partial charge >= 0.3 is 0 Å². The van der Waals surface area contributed by atoms with Crippen LogP contribution in [0.5, 0.6) is 0 Å². The predicted octanol–water partition coefficient (Wildman–Crippen LogP) is 4.86. The number of hydrogen-bond donors (Lipinski definition) is 1. The van der Waals surface area contributed by atoms with E-state index in [1.165, 1.54) is 12.5 Å². The van der Waals surface area contributed by atoms with Gasteiger partial charge in [0.15, 0.2) is 5.65 Å². The molecule has 0 bridgehead atoms. The summed E-state index contributed by atoms with van der Waals surface area (Å²) in [7, 11) is 0. The highest BCUT2D eigenvalue weighted by Gasteiger charge is 2.01. The lowest BCUT2D eigenvalue weighted by Crippen LogP contribution is -1.92. The van der Waals surface area contributed by atoms with Gasteiger partial charge in [-0.2, -0.15) is 5.10 Å². The fourth-order valence-corrected chi connectivity index (χ4v) is 3.99. The molecule has 0 atom stereocenters. The molecule has 3 heterocycles. The van der Waals surface area contributed by atoms with Crippen molar-refractivity contribution in [3.8, 4) is 0 Å². The maximum absolute atomic E-state index is 8.19. The molecule has 6 nitrogen and oxygen atoms in total. The first-order valence-corrected chi connectivity index (χ1v) is 9.28. The highest BCUT2D eigenvalue weighted by molar-refractivity contribution is 9.11. The summed E-state index contributed by atoms with van der Waals surface area (Å²) in [6.07, 6.45) is 6.98. The van der Waals surface area contributed by atoms with Crippen molar-refractivity contribution in [2.24, 2.45) is 5.16 Å². The Morgan fingerprint density at radius 3 is 2.52 bits per heavy atom. The van der Waals surface area contributed by atoms with Gasteiger partial charge in [-0.1, -0.05) is 0 Å². The van der Waals surface area contributed by atoms with Crippen LogP contribution >= 0.6 is 63.7 Å². The molecule has 0 saturated carbocycles. The number of fused-ring (bicyclic) bond motifs is 1. The van der Waals surface area contributed by atoms with Crippen molar-refractivity contribution in [2.45, 2.75) is 6.42 Å². The van der Waals surface area contributed by atoms with E-state index < -0.39 is 0 Å². The number of aromatic nitrogens is 4. The summed E-state index contributed by atoms with van der Waals surface area (Å²) in [6.45, 7) is 0. The Kier molecular flexibility index (Phi) is 7.12. The maximum Gasteiger partial charge on any atom is 0.169 e. The summed E-state index contributed by atoms with van der Waals surface area (Å²) < 4.78 is 5.43. The van der Waals surface area contributed by atoms with E-state index in [0.717, 1.165) is 29.2 Å². The van der Waals surface area contributed by atoms with Crippen LogP contribution in [0.2, 0.25) is 0 Å². The molecule has 1 N–H and O–H groups in total. The maximum atomic E-state index is 8.19. The fourth-order valence-electron chi connectivity index (χ4n) is 1.58. The molecule has 0 aromatic carbocycles. The number of rotatable bonds is 2. The second-order valence-corrected chi connectivity index (χ2v) is 7.66. The van der Waals surface area contributed by atoms with Crippen molar-refractivity contribution in [3.05, 3.63) is 54.4 Å². The molecule has 3 rings (SSSR count).